The van der Waals surface area contributed by atoms with Gasteiger partial charge in [-0.25, -0.2) is 4.79 Å². The number of hydrogen-bond donors (Lipinski definition) is 4. The average Bonchev–Trinajstić information content (AvgIpc) is 2.97. The van der Waals surface area contributed by atoms with E-state index in [2.05, 4.69) is 41.5 Å². The number of carboxylic acids is 1. The summed E-state index contributed by atoms with van der Waals surface area (Å²) in [5.74, 6) is -0.601. The zero-order chi connectivity index (χ0) is 27.0. The summed E-state index contributed by atoms with van der Waals surface area (Å²) in [7, 11) is 0. The molecule has 9 atom stereocenters. The van der Waals surface area contributed by atoms with Crippen molar-refractivity contribution in [1.82, 2.24) is 0 Å². The number of aliphatic hydroxyl groups is 3. The van der Waals surface area contributed by atoms with Crippen molar-refractivity contribution < 1.29 is 30.0 Å². The van der Waals surface area contributed by atoms with E-state index >= 15 is 0 Å². The van der Waals surface area contributed by atoms with Crippen LogP contribution in [0, 0.1) is 39.4 Å². The van der Waals surface area contributed by atoms with Crippen LogP contribution in [0.1, 0.15) is 93.4 Å². The largest absolute Gasteiger partial charge is 0.478 e. The van der Waals surface area contributed by atoms with Crippen molar-refractivity contribution in [1.29, 1.82) is 0 Å². The molecule has 0 heterocycles. The Morgan fingerprint density at radius 3 is 2.36 bits per heavy atom. The first-order valence-corrected chi connectivity index (χ1v) is 13.7. The predicted molar refractivity (Wildman–Crippen MR) is 138 cm³/mol. The Morgan fingerprint density at radius 2 is 1.75 bits per heavy atom. The number of carboxylic acid groups (broad SMARTS) is 1. The fraction of sp³-hybridized carbons (Fsp3) is 0.800. The predicted octanol–water partition coefficient (Wildman–Crippen LogP) is 4.66. The average molecular weight is 503 g/mol. The van der Waals surface area contributed by atoms with E-state index in [9.17, 15) is 24.9 Å². The van der Waals surface area contributed by atoms with Gasteiger partial charge >= 0.3 is 5.97 Å². The minimum absolute atomic E-state index is 0.00459. The molecule has 2 saturated carbocycles. The summed E-state index contributed by atoms with van der Waals surface area (Å²) < 4.78 is 0. The number of fused-ring (bicyclic) bond motifs is 4. The summed E-state index contributed by atoms with van der Waals surface area (Å²) in [5, 5.41) is 42.2. The van der Waals surface area contributed by atoms with Gasteiger partial charge in [0.25, 0.3) is 0 Å². The Bertz CT molecular complexity index is 1010. The Balaban J connectivity index is 1.72. The van der Waals surface area contributed by atoms with Crippen molar-refractivity contribution in [3.05, 3.63) is 22.8 Å². The Kier molecular flexibility index (Phi) is 6.71. The SMILES string of the molecule is CC(=CC(O)CC(C)C1CC(O)C2(C)C3=C(C(=O)CC12C)C1(C)CCC(O)C(C)(C)C1CC3)C(=O)O. The Hall–Kier alpha value is -1.50. The molecule has 4 N–H and O–H groups in total. The van der Waals surface area contributed by atoms with Gasteiger partial charge in [-0.05, 0) is 85.5 Å². The molecule has 202 valence electrons. The molecule has 0 spiro atoms. The monoisotopic (exact) mass is 502 g/mol. The highest BCUT2D eigenvalue weighted by Gasteiger charge is 2.68. The number of aliphatic carboxylic acids is 1. The molecule has 6 heteroatoms. The molecule has 0 bridgehead atoms. The number of allylic oxidation sites excluding steroid dienone is 1. The summed E-state index contributed by atoms with van der Waals surface area (Å²) in [6.45, 7) is 14.3. The van der Waals surface area contributed by atoms with E-state index in [0.717, 1.165) is 30.4 Å². The minimum Gasteiger partial charge on any atom is -0.478 e. The van der Waals surface area contributed by atoms with Gasteiger partial charge in [-0.1, -0.05) is 47.1 Å². The van der Waals surface area contributed by atoms with E-state index in [-0.39, 0.29) is 46.0 Å². The van der Waals surface area contributed by atoms with Gasteiger partial charge in [0.15, 0.2) is 5.78 Å². The number of carbonyl (C=O) groups excluding carboxylic acids is 1. The molecule has 0 amide bonds. The molecule has 9 unspecified atom stereocenters. The summed E-state index contributed by atoms with van der Waals surface area (Å²) in [4.78, 5) is 25.2. The van der Waals surface area contributed by atoms with Gasteiger partial charge < -0.3 is 20.4 Å². The van der Waals surface area contributed by atoms with Gasteiger partial charge in [-0.3, -0.25) is 4.79 Å². The lowest BCUT2D eigenvalue weighted by Gasteiger charge is -2.61. The van der Waals surface area contributed by atoms with Crippen molar-refractivity contribution in [3.63, 3.8) is 0 Å². The van der Waals surface area contributed by atoms with Crippen molar-refractivity contribution >= 4 is 11.8 Å². The van der Waals surface area contributed by atoms with Gasteiger partial charge in [0.2, 0.25) is 0 Å². The van der Waals surface area contributed by atoms with Crippen molar-refractivity contribution in [2.24, 2.45) is 39.4 Å². The van der Waals surface area contributed by atoms with Crippen molar-refractivity contribution in [2.45, 2.75) is 112 Å². The molecule has 4 rings (SSSR count). The third-order valence-corrected chi connectivity index (χ3v) is 11.7. The van der Waals surface area contributed by atoms with Crippen LogP contribution >= 0.6 is 0 Å². The van der Waals surface area contributed by atoms with Crippen molar-refractivity contribution in [2.75, 3.05) is 0 Å². The maximum absolute atomic E-state index is 14.1. The summed E-state index contributed by atoms with van der Waals surface area (Å²) in [6.07, 6.45) is 4.03. The highest BCUT2D eigenvalue weighted by atomic mass is 16.4. The maximum Gasteiger partial charge on any atom is 0.331 e. The smallest absolute Gasteiger partial charge is 0.331 e. The molecule has 4 aliphatic carbocycles. The second-order valence-electron chi connectivity index (χ2n) is 13.8. The third-order valence-electron chi connectivity index (χ3n) is 11.7. The Labute approximate surface area is 215 Å². The van der Waals surface area contributed by atoms with Crippen LogP contribution in [0.2, 0.25) is 0 Å². The first-order chi connectivity index (χ1) is 16.5. The van der Waals surface area contributed by atoms with Gasteiger partial charge in [0.05, 0.1) is 18.3 Å². The fourth-order valence-corrected chi connectivity index (χ4v) is 9.41. The fourth-order valence-electron chi connectivity index (χ4n) is 9.41. The van der Waals surface area contributed by atoms with Gasteiger partial charge in [-0.15, -0.1) is 0 Å². The van der Waals surface area contributed by atoms with E-state index < -0.39 is 29.0 Å². The van der Waals surface area contributed by atoms with Crippen LogP contribution in [-0.2, 0) is 9.59 Å². The van der Waals surface area contributed by atoms with E-state index in [1.807, 2.05) is 0 Å². The molecular formula is C30H46O6. The van der Waals surface area contributed by atoms with Crippen LogP contribution in [0.5, 0.6) is 0 Å². The number of carbonyl (C=O) groups is 2. The van der Waals surface area contributed by atoms with Crippen LogP contribution in [-0.4, -0.2) is 50.5 Å². The molecule has 36 heavy (non-hydrogen) atoms. The Morgan fingerprint density at radius 1 is 1.11 bits per heavy atom. The number of ketones is 1. The molecule has 6 nitrogen and oxygen atoms in total. The number of Topliss-reactive ketones (excluding diaryl/α,β-unsaturated/α-hetero) is 1. The highest BCUT2D eigenvalue weighted by molar-refractivity contribution is 6.00. The lowest BCUT2D eigenvalue weighted by Crippen LogP contribution is -2.58. The van der Waals surface area contributed by atoms with E-state index in [1.54, 1.807) is 0 Å². The second-order valence-corrected chi connectivity index (χ2v) is 13.8. The van der Waals surface area contributed by atoms with E-state index in [4.69, 9.17) is 5.11 Å². The minimum atomic E-state index is -1.04. The van der Waals surface area contributed by atoms with Gasteiger partial charge in [0, 0.05) is 23.0 Å². The summed E-state index contributed by atoms with van der Waals surface area (Å²) in [6, 6.07) is 0. The molecule has 0 aliphatic heterocycles. The molecule has 0 saturated heterocycles. The zero-order valence-electron chi connectivity index (χ0n) is 23.1. The van der Waals surface area contributed by atoms with Gasteiger partial charge in [0.1, 0.15) is 0 Å². The molecule has 0 aromatic rings. The summed E-state index contributed by atoms with van der Waals surface area (Å²) >= 11 is 0. The molecule has 2 fully saturated rings. The number of hydrogen-bond acceptors (Lipinski definition) is 5. The van der Waals surface area contributed by atoms with Crippen LogP contribution in [0.3, 0.4) is 0 Å². The van der Waals surface area contributed by atoms with E-state index in [0.29, 0.717) is 25.7 Å². The highest BCUT2D eigenvalue weighted by Crippen LogP contribution is 2.71. The quantitative estimate of drug-likeness (QED) is 0.406. The standard InChI is InChI=1S/C30H46O6/c1-16(12-18(31)13-17(2)26(35)36)20-14-24(34)30(7)19-8-9-22-27(3,4)23(33)10-11-28(22,5)25(19)21(32)15-29(20,30)6/h13,16,18,20,22-24,31,33-34H,8-12,14-15H2,1-7H3,(H,35,36). The lowest BCUT2D eigenvalue weighted by molar-refractivity contribution is -0.134. The maximum atomic E-state index is 14.1. The normalized spacial score (nSPS) is 43.9. The van der Waals surface area contributed by atoms with Crippen molar-refractivity contribution in [3.8, 4) is 0 Å². The molecular weight excluding hydrogens is 456 g/mol. The van der Waals surface area contributed by atoms with Crippen LogP contribution in [0.4, 0.5) is 0 Å². The number of aliphatic hydroxyl groups excluding tert-OH is 3. The second kappa shape index (κ2) is 8.78. The number of rotatable bonds is 5. The topological polar surface area (TPSA) is 115 Å². The molecule has 4 aliphatic rings. The molecule has 0 aromatic heterocycles. The van der Waals surface area contributed by atoms with Crippen LogP contribution in [0.15, 0.2) is 22.8 Å². The van der Waals surface area contributed by atoms with Gasteiger partial charge in [-0.2, -0.15) is 0 Å². The van der Waals surface area contributed by atoms with Crippen LogP contribution < -0.4 is 0 Å². The first kappa shape index (κ1) is 27.5. The third kappa shape index (κ3) is 3.69. The lowest BCUT2D eigenvalue weighted by atomic mass is 9.43. The van der Waals surface area contributed by atoms with E-state index in [1.165, 1.54) is 13.0 Å². The molecule has 0 aromatic carbocycles. The molecule has 0 radical (unpaired) electrons. The first-order valence-electron chi connectivity index (χ1n) is 13.7. The van der Waals surface area contributed by atoms with Crippen LogP contribution in [0.25, 0.3) is 0 Å². The zero-order valence-corrected chi connectivity index (χ0v) is 23.1. The summed E-state index contributed by atoms with van der Waals surface area (Å²) in [5.41, 5.74) is 0.654.